The van der Waals surface area contributed by atoms with Gasteiger partial charge in [-0.1, -0.05) is 66.3 Å². The Bertz CT molecular complexity index is 567. The lowest BCUT2D eigenvalue weighted by molar-refractivity contribution is 0.922. The molecule has 0 spiro atoms. The Hall–Kier alpha value is -0.760. The molecule has 0 amide bonds. The zero-order valence-electron chi connectivity index (χ0n) is 9.88. The van der Waals surface area contributed by atoms with E-state index >= 15 is 0 Å². The molecule has 0 aliphatic carbocycles. The highest BCUT2D eigenvalue weighted by molar-refractivity contribution is 6.42. The third kappa shape index (κ3) is 2.97. The molecule has 0 radical (unpaired) electrons. The lowest BCUT2D eigenvalue weighted by atomic mass is 10.0. The number of pyridine rings is 1. The molecular weight excluding hydrogens is 289 g/mol. The van der Waals surface area contributed by atoms with E-state index in [-0.39, 0.29) is 5.15 Å². The summed E-state index contributed by atoms with van der Waals surface area (Å²) in [5.74, 6) is 0. The molecule has 0 bridgehead atoms. The Morgan fingerprint density at radius 3 is 2.56 bits per heavy atom. The smallest absolute Gasteiger partial charge is 0.148 e. The molecule has 18 heavy (non-hydrogen) atoms. The lowest BCUT2D eigenvalue weighted by Crippen LogP contribution is -1.89. The van der Waals surface area contributed by atoms with Gasteiger partial charge in [-0.2, -0.15) is 0 Å². The van der Waals surface area contributed by atoms with Crippen LogP contribution in [0.3, 0.4) is 0 Å². The van der Waals surface area contributed by atoms with E-state index in [9.17, 15) is 0 Å². The van der Waals surface area contributed by atoms with Crippen LogP contribution in [0.5, 0.6) is 0 Å². The molecule has 4 heteroatoms. The van der Waals surface area contributed by atoms with Crippen LogP contribution >= 0.6 is 34.8 Å². The third-order valence-corrected chi connectivity index (χ3v) is 3.59. The van der Waals surface area contributed by atoms with Crippen molar-refractivity contribution in [2.45, 2.75) is 19.8 Å². The Labute approximate surface area is 122 Å². The second-order valence-electron chi connectivity index (χ2n) is 4.04. The van der Waals surface area contributed by atoms with Crippen molar-refractivity contribution in [2.75, 3.05) is 0 Å². The van der Waals surface area contributed by atoms with E-state index in [4.69, 9.17) is 34.8 Å². The van der Waals surface area contributed by atoms with E-state index < -0.39 is 0 Å². The van der Waals surface area contributed by atoms with Gasteiger partial charge in [-0.15, -0.1) is 0 Å². The SMILES string of the molecule is CCCc1cccc(-c2nc(Cl)c(Cl)cc2Cl)c1. The first-order valence-electron chi connectivity index (χ1n) is 5.72. The van der Waals surface area contributed by atoms with Crippen LogP contribution in [0.2, 0.25) is 15.2 Å². The minimum absolute atomic E-state index is 0.275. The molecular formula is C14H12Cl3N. The summed E-state index contributed by atoms with van der Waals surface area (Å²) in [6, 6.07) is 9.78. The predicted octanol–water partition coefficient (Wildman–Crippen LogP) is 5.66. The lowest BCUT2D eigenvalue weighted by Gasteiger charge is -2.07. The number of rotatable bonds is 3. The summed E-state index contributed by atoms with van der Waals surface area (Å²) in [6.45, 7) is 2.15. The summed E-state index contributed by atoms with van der Waals surface area (Å²) in [5.41, 5.74) is 2.90. The van der Waals surface area contributed by atoms with E-state index in [2.05, 4.69) is 24.0 Å². The minimum Gasteiger partial charge on any atom is -0.233 e. The summed E-state index contributed by atoms with van der Waals surface area (Å²) in [5, 5.41) is 1.16. The first-order chi connectivity index (χ1) is 8.61. The molecule has 0 aliphatic heterocycles. The zero-order chi connectivity index (χ0) is 13.1. The van der Waals surface area contributed by atoms with Gasteiger partial charge in [0, 0.05) is 5.56 Å². The number of hydrogen-bond acceptors (Lipinski definition) is 1. The first kappa shape index (κ1) is 13.7. The summed E-state index contributed by atoms with van der Waals surface area (Å²) >= 11 is 18.0. The van der Waals surface area contributed by atoms with E-state index in [0.29, 0.717) is 15.7 Å². The van der Waals surface area contributed by atoms with Crippen LogP contribution in [-0.2, 0) is 6.42 Å². The largest absolute Gasteiger partial charge is 0.233 e. The number of halogens is 3. The molecule has 2 aromatic rings. The fourth-order valence-electron chi connectivity index (χ4n) is 1.81. The topological polar surface area (TPSA) is 12.9 Å². The Kier molecular flexibility index (Phi) is 4.50. The average Bonchev–Trinajstić information content (AvgIpc) is 2.34. The monoisotopic (exact) mass is 299 g/mol. The molecule has 0 N–H and O–H groups in total. The molecule has 0 atom stereocenters. The molecule has 2 rings (SSSR count). The maximum atomic E-state index is 6.16. The molecule has 1 aromatic carbocycles. The van der Waals surface area contributed by atoms with Gasteiger partial charge in [0.25, 0.3) is 0 Å². The molecule has 1 heterocycles. The highest BCUT2D eigenvalue weighted by atomic mass is 35.5. The van der Waals surface area contributed by atoms with Gasteiger partial charge in [0.15, 0.2) is 0 Å². The summed E-state index contributed by atoms with van der Waals surface area (Å²) in [4.78, 5) is 4.25. The van der Waals surface area contributed by atoms with Crippen LogP contribution in [0.15, 0.2) is 30.3 Å². The van der Waals surface area contributed by atoms with E-state index in [1.807, 2.05) is 12.1 Å². The number of benzene rings is 1. The van der Waals surface area contributed by atoms with Crippen molar-refractivity contribution in [2.24, 2.45) is 0 Å². The van der Waals surface area contributed by atoms with Crippen LogP contribution in [0, 0.1) is 0 Å². The van der Waals surface area contributed by atoms with Crippen molar-refractivity contribution < 1.29 is 0 Å². The normalized spacial score (nSPS) is 10.7. The van der Waals surface area contributed by atoms with Crippen molar-refractivity contribution in [3.05, 3.63) is 51.1 Å². The maximum Gasteiger partial charge on any atom is 0.148 e. The second kappa shape index (κ2) is 5.92. The molecule has 0 fully saturated rings. The summed E-state index contributed by atoms with van der Waals surface area (Å²) in [6.07, 6.45) is 2.14. The number of nitrogens with zero attached hydrogens (tertiary/aromatic N) is 1. The third-order valence-electron chi connectivity index (χ3n) is 2.63. The van der Waals surface area contributed by atoms with Gasteiger partial charge in [0.05, 0.1) is 15.7 Å². The Morgan fingerprint density at radius 1 is 1.06 bits per heavy atom. The van der Waals surface area contributed by atoms with Gasteiger partial charge >= 0.3 is 0 Å². The highest BCUT2D eigenvalue weighted by Crippen LogP contribution is 2.32. The zero-order valence-corrected chi connectivity index (χ0v) is 12.1. The van der Waals surface area contributed by atoms with Crippen molar-refractivity contribution >= 4 is 34.8 Å². The second-order valence-corrected chi connectivity index (χ2v) is 5.21. The van der Waals surface area contributed by atoms with Crippen molar-refractivity contribution in [1.29, 1.82) is 0 Å². The van der Waals surface area contributed by atoms with Crippen molar-refractivity contribution in [1.82, 2.24) is 4.98 Å². The molecule has 94 valence electrons. The van der Waals surface area contributed by atoms with Gasteiger partial charge in [0.2, 0.25) is 0 Å². The summed E-state index contributed by atoms with van der Waals surface area (Å²) in [7, 11) is 0. The quantitative estimate of drug-likeness (QED) is 0.666. The van der Waals surface area contributed by atoms with Gasteiger partial charge in [-0.25, -0.2) is 4.98 Å². The summed E-state index contributed by atoms with van der Waals surface area (Å²) < 4.78 is 0. The maximum absolute atomic E-state index is 6.16. The number of aromatic nitrogens is 1. The minimum atomic E-state index is 0.275. The Balaban J connectivity index is 2.48. The predicted molar refractivity (Wildman–Crippen MR) is 78.7 cm³/mol. The van der Waals surface area contributed by atoms with Gasteiger partial charge in [0.1, 0.15) is 5.15 Å². The van der Waals surface area contributed by atoms with E-state index in [0.717, 1.165) is 18.4 Å². The molecule has 0 saturated heterocycles. The molecule has 0 aliphatic rings. The fourth-order valence-corrected chi connectivity index (χ4v) is 2.42. The fraction of sp³-hybridized carbons (Fsp3) is 0.214. The molecule has 1 aromatic heterocycles. The van der Waals surface area contributed by atoms with E-state index in [1.54, 1.807) is 6.07 Å². The van der Waals surface area contributed by atoms with Crippen LogP contribution in [0.4, 0.5) is 0 Å². The average molecular weight is 301 g/mol. The van der Waals surface area contributed by atoms with E-state index in [1.165, 1.54) is 5.56 Å². The molecule has 0 unspecified atom stereocenters. The standard InChI is InChI=1S/C14H12Cl3N/c1-2-4-9-5-3-6-10(7-9)13-11(15)8-12(16)14(17)18-13/h3,5-8H,2,4H2,1H3. The van der Waals surface area contributed by atoms with Crippen LogP contribution < -0.4 is 0 Å². The first-order valence-corrected chi connectivity index (χ1v) is 6.86. The van der Waals surface area contributed by atoms with Crippen LogP contribution in [0.1, 0.15) is 18.9 Å². The van der Waals surface area contributed by atoms with Gasteiger partial charge in [-0.3, -0.25) is 0 Å². The van der Waals surface area contributed by atoms with Gasteiger partial charge in [-0.05, 0) is 24.1 Å². The van der Waals surface area contributed by atoms with Gasteiger partial charge < -0.3 is 0 Å². The molecule has 1 nitrogen and oxygen atoms in total. The number of aryl methyl sites for hydroxylation is 1. The molecule has 0 saturated carbocycles. The van der Waals surface area contributed by atoms with Crippen molar-refractivity contribution in [3.8, 4) is 11.3 Å². The van der Waals surface area contributed by atoms with Crippen LogP contribution in [0.25, 0.3) is 11.3 Å². The Morgan fingerprint density at radius 2 is 1.83 bits per heavy atom. The number of hydrogen-bond donors (Lipinski definition) is 0. The van der Waals surface area contributed by atoms with Crippen LogP contribution in [-0.4, -0.2) is 4.98 Å². The highest BCUT2D eigenvalue weighted by Gasteiger charge is 2.10. The van der Waals surface area contributed by atoms with Crippen molar-refractivity contribution in [3.63, 3.8) is 0 Å².